The fraction of sp³-hybridized carbons (Fsp3) is 0.357. The molecule has 10 nitrogen and oxygen atoms in total. The number of amides is 3. The van der Waals surface area contributed by atoms with E-state index in [0.717, 1.165) is 42.9 Å². The van der Waals surface area contributed by atoms with Gasteiger partial charge in [-0.25, -0.2) is 14.2 Å². The Labute approximate surface area is 227 Å². The maximum absolute atomic E-state index is 14.0. The van der Waals surface area contributed by atoms with Gasteiger partial charge in [-0.15, -0.1) is 0 Å². The first-order valence-corrected chi connectivity index (χ1v) is 12.9. The maximum atomic E-state index is 14.0. The van der Waals surface area contributed by atoms with Crippen LogP contribution in [0.4, 0.5) is 32.3 Å². The van der Waals surface area contributed by atoms with E-state index in [1.165, 1.54) is 4.90 Å². The van der Waals surface area contributed by atoms with Crippen molar-refractivity contribution in [1.29, 1.82) is 0 Å². The van der Waals surface area contributed by atoms with Gasteiger partial charge in [0, 0.05) is 62.8 Å². The third-order valence-corrected chi connectivity index (χ3v) is 7.38. The second kappa shape index (κ2) is 11.0. The van der Waals surface area contributed by atoms with E-state index in [2.05, 4.69) is 32.1 Å². The van der Waals surface area contributed by atoms with E-state index in [-0.39, 0.29) is 24.4 Å². The molecule has 3 N–H and O–H groups in total. The van der Waals surface area contributed by atoms with Gasteiger partial charge in [0.05, 0.1) is 12.2 Å². The first kappa shape index (κ1) is 26.5. The van der Waals surface area contributed by atoms with Crippen LogP contribution in [0.3, 0.4) is 0 Å². The molecule has 0 atom stereocenters. The van der Waals surface area contributed by atoms with E-state index in [4.69, 9.17) is 5.73 Å². The molecule has 0 aliphatic carbocycles. The second-order valence-corrected chi connectivity index (χ2v) is 10.2. The molecule has 0 radical (unpaired) electrons. The molecule has 3 heterocycles. The molecular weight excluding hydrogens is 499 g/mol. The zero-order valence-corrected chi connectivity index (χ0v) is 22.4. The van der Waals surface area contributed by atoms with E-state index in [9.17, 15) is 14.0 Å². The summed E-state index contributed by atoms with van der Waals surface area (Å²) in [5.74, 6) is 0.235. The van der Waals surface area contributed by atoms with E-state index in [1.807, 2.05) is 19.1 Å². The number of likely N-dealkylation sites (N-methyl/N-ethyl adjacent to an activating group) is 1. The fourth-order valence-electron chi connectivity index (χ4n) is 4.98. The Morgan fingerprint density at radius 2 is 1.85 bits per heavy atom. The molecule has 0 bridgehead atoms. The molecule has 2 aliphatic rings. The molecule has 0 spiro atoms. The number of nitrogens with two attached hydrogens (primary N) is 1. The Kier molecular flexibility index (Phi) is 7.45. The number of urea groups is 1. The number of halogens is 1. The van der Waals surface area contributed by atoms with Gasteiger partial charge < -0.3 is 16.0 Å². The Morgan fingerprint density at radius 1 is 1.08 bits per heavy atom. The van der Waals surface area contributed by atoms with Crippen molar-refractivity contribution in [2.45, 2.75) is 26.7 Å². The summed E-state index contributed by atoms with van der Waals surface area (Å²) in [4.78, 5) is 42.2. The third kappa shape index (κ3) is 5.55. The number of aryl methyl sites for hydroxylation is 1. The monoisotopic (exact) mass is 532 g/mol. The highest BCUT2D eigenvalue weighted by atomic mass is 19.1. The van der Waals surface area contributed by atoms with Crippen LogP contribution >= 0.6 is 0 Å². The van der Waals surface area contributed by atoms with Crippen molar-refractivity contribution in [1.82, 2.24) is 19.8 Å². The number of hydrogen-bond donors (Lipinski definition) is 2. The number of nitrogen functional groups attached to an aromatic ring is 1. The molecule has 204 valence electrons. The summed E-state index contributed by atoms with van der Waals surface area (Å²) in [6.07, 6.45) is 1.62. The lowest BCUT2D eigenvalue weighted by atomic mass is 10.0. The van der Waals surface area contributed by atoms with E-state index in [0.29, 0.717) is 34.9 Å². The van der Waals surface area contributed by atoms with Gasteiger partial charge >= 0.3 is 6.03 Å². The average molecular weight is 533 g/mol. The lowest BCUT2D eigenvalue weighted by Crippen LogP contribution is -2.46. The van der Waals surface area contributed by atoms with Crippen LogP contribution in [0.5, 0.6) is 0 Å². The van der Waals surface area contributed by atoms with Gasteiger partial charge in [-0.3, -0.25) is 19.5 Å². The molecule has 3 amide bonds. The fourth-order valence-corrected chi connectivity index (χ4v) is 4.98. The number of nitrogens with zero attached hydrogens (tertiary/aromatic N) is 6. The number of rotatable bonds is 6. The first-order chi connectivity index (χ1) is 18.7. The molecule has 5 rings (SSSR count). The van der Waals surface area contributed by atoms with Crippen LogP contribution in [-0.4, -0.2) is 72.0 Å². The summed E-state index contributed by atoms with van der Waals surface area (Å²) in [6.45, 7) is 6.03. The van der Waals surface area contributed by atoms with Gasteiger partial charge in [-0.1, -0.05) is 12.1 Å². The molecule has 11 heteroatoms. The van der Waals surface area contributed by atoms with Crippen molar-refractivity contribution in [2.75, 3.05) is 61.1 Å². The van der Waals surface area contributed by atoms with Crippen LogP contribution < -0.4 is 20.9 Å². The zero-order valence-electron chi connectivity index (χ0n) is 22.4. The molecule has 0 saturated carbocycles. The third-order valence-electron chi connectivity index (χ3n) is 7.38. The quantitative estimate of drug-likeness (QED) is 0.501. The molecule has 2 aromatic carbocycles. The lowest BCUT2D eigenvalue weighted by Gasteiger charge is -2.34. The van der Waals surface area contributed by atoms with E-state index >= 15 is 0 Å². The molecular formula is C28H33FN8O2. The maximum Gasteiger partial charge on any atom is 0.330 e. The summed E-state index contributed by atoms with van der Waals surface area (Å²) in [5.41, 5.74) is 10.3. The summed E-state index contributed by atoms with van der Waals surface area (Å²) in [6, 6.07) is 10.3. The van der Waals surface area contributed by atoms with Crippen LogP contribution in [0.25, 0.3) is 0 Å². The number of alkyl halides is 1. The Bertz CT molecular complexity index is 1410. The second-order valence-electron chi connectivity index (χ2n) is 10.2. The Hall–Kier alpha value is -4.09. The number of hydrogen-bond acceptors (Lipinski definition) is 7. The first-order valence-electron chi connectivity index (χ1n) is 12.9. The molecule has 1 saturated heterocycles. The minimum absolute atomic E-state index is 0.103. The minimum Gasteiger partial charge on any atom is -0.368 e. The number of anilines is 4. The average Bonchev–Trinajstić information content (AvgIpc) is 2.93. The van der Waals surface area contributed by atoms with Crippen molar-refractivity contribution >= 4 is 35.1 Å². The highest BCUT2D eigenvalue weighted by Crippen LogP contribution is 2.33. The highest BCUT2D eigenvalue weighted by Gasteiger charge is 2.31. The Balaban J connectivity index is 1.33. The molecule has 3 aromatic rings. The molecule has 1 aromatic heterocycles. The smallest absolute Gasteiger partial charge is 0.330 e. The van der Waals surface area contributed by atoms with E-state index < -0.39 is 6.67 Å². The standard InChI is InChI=1S/C28H33FN8O2/c1-18-4-7-23(13-24(18)37-17-22-15-31-27(30)33-25(22)35(3)28(37)39)32-26(38)19-5-6-20(21(12-19)14-29)16-36-10-8-34(2)9-11-36/h4-7,12-13,15H,8-11,14,16-17H2,1-3H3,(H,32,38)(H2,30,31,33). The van der Waals surface area contributed by atoms with Gasteiger partial charge in [-0.05, 0) is 54.9 Å². The SMILES string of the molecule is Cc1ccc(NC(=O)c2ccc(CN3CCN(C)CC3)c(CF)c2)cc1N1Cc2cnc(N)nc2N(C)C1=O. The summed E-state index contributed by atoms with van der Waals surface area (Å²) in [7, 11) is 3.73. The van der Waals surface area contributed by atoms with Gasteiger partial charge in [0.25, 0.3) is 5.91 Å². The summed E-state index contributed by atoms with van der Waals surface area (Å²) in [5, 5.41) is 2.90. The minimum atomic E-state index is -0.639. The predicted octanol–water partition coefficient (Wildman–Crippen LogP) is 3.41. The van der Waals surface area contributed by atoms with Gasteiger partial charge in [-0.2, -0.15) is 4.98 Å². The molecule has 39 heavy (non-hydrogen) atoms. The van der Waals surface area contributed by atoms with Crippen molar-refractivity contribution in [2.24, 2.45) is 0 Å². The van der Waals surface area contributed by atoms with E-state index in [1.54, 1.807) is 42.4 Å². The van der Waals surface area contributed by atoms with Crippen LogP contribution in [0.15, 0.2) is 42.6 Å². The van der Waals surface area contributed by atoms with Crippen LogP contribution in [-0.2, 0) is 19.8 Å². The number of benzene rings is 2. The number of piperazine rings is 1. The topological polar surface area (TPSA) is 111 Å². The molecule has 1 fully saturated rings. The number of fused-ring (bicyclic) bond motifs is 1. The largest absolute Gasteiger partial charge is 0.368 e. The van der Waals surface area contributed by atoms with Crippen molar-refractivity contribution < 1.29 is 14.0 Å². The number of aromatic nitrogens is 2. The number of carbonyl (C=O) groups excluding carboxylic acids is 2. The highest BCUT2D eigenvalue weighted by molar-refractivity contribution is 6.07. The van der Waals surface area contributed by atoms with Gasteiger partial charge in [0.15, 0.2) is 0 Å². The van der Waals surface area contributed by atoms with Gasteiger partial charge in [0.2, 0.25) is 5.95 Å². The lowest BCUT2D eigenvalue weighted by molar-refractivity contribution is 0.102. The molecule has 0 unspecified atom stereocenters. The predicted molar refractivity (Wildman–Crippen MR) is 150 cm³/mol. The van der Waals surface area contributed by atoms with Crippen LogP contribution in [0.2, 0.25) is 0 Å². The molecule has 2 aliphatic heterocycles. The normalized spacial score (nSPS) is 16.4. The summed E-state index contributed by atoms with van der Waals surface area (Å²) >= 11 is 0. The van der Waals surface area contributed by atoms with Crippen LogP contribution in [0, 0.1) is 6.92 Å². The zero-order chi connectivity index (χ0) is 27.7. The summed E-state index contributed by atoms with van der Waals surface area (Å²) < 4.78 is 14.0. The number of carbonyl (C=O) groups is 2. The number of nitrogens with one attached hydrogen (secondary N) is 1. The van der Waals surface area contributed by atoms with Crippen LogP contribution in [0.1, 0.15) is 32.6 Å². The van der Waals surface area contributed by atoms with Crippen molar-refractivity contribution in [3.63, 3.8) is 0 Å². The van der Waals surface area contributed by atoms with Crippen molar-refractivity contribution in [3.05, 3.63) is 70.4 Å². The van der Waals surface area contributed by atoms with Crippen molar-refractivity contribution in [3.8, 4) is 0 Å². The Morgan fingerprint density at radius 3 is 2.59 bits per heavy atom. The van der Waals surface area contributed by atoms with Gasteiger partial charge in [0.1, 0.15) is 12.5 Å².